The van der Waals surface area contributed by atoms with Crippen LogP contribution in [-0.4, -0.2) is 11.5 Å². The van der Waals surface area contributed by atoms with Crippen molar-refractivity contribution in [3.05, 3.63) is 77.6 Å². The number of ether oxygens (including phenoxy) is 1. The number of amides is 1. The molecule has 1 amide bonds. The highest BCUT2D eigenvalue weighted by Crippen LogP contribution is 2.54. The van der Waals surface area contributed by atoms with Crippen molar-refractivity contribution in [2.75, 3.05) is 0 Å². The molecule has 3 aromatic rings. The molecule has 4 heteroatoms. The number of hydrogen-bond donors (Lipinski definition) is 1. The summed E-state index contributed by atoms with van der Waals surface area (Å²) in [6.45, 7) is 0. The third-order valence-corrected chi connectivity index (χ3v) is 6.42. The molecule has 1 spiro atoms. The normalized spacial score (nSPS) is 20.8. The maximum absolute atomic E-state index is 13.7. The van der Waals surface area contributed by atoms with Crippen molar-refractivity contribution in [1.29, 1.82) is 0 Å². The Morgan fingerprint density at radius 2 is 1.93 bits per heavy atom. The molecule has 28 heavy (non-hydrogen) atoms. The largest absolute Gasteiger partial charge is 0.487 e. The molecule has 2 unspecified atom stereocenters. The minimum atomic E-state index is -0.489. The summed E-state index contributed by atoms with van der Waals surface area (Å²) in [6.07, 6.45) is 3.92. The highest BCUT2D eigenvalue weighted by molar-refractivity contribution is 5.93. The molecular weight excluding hydrogens is 353 g/mol. The van der Waals surface area contributed by atoms with E-state index in [1.54, 1.807) is 6.07 Å². The van der Waals surface area contributed by atoms with E-state index >= 15 is 0 Å². The van der Waals surface area contributed by atoms with E-state index in [-0.39, 0.29) is 23.2 Å². The van der Waals surface area contributed by atoms with Crippen molar-refractivity contribution >= 4 is 16.7 Å². The van der Waals surface area contributed by atoms with Gasteiger partial charge in [-0.25, -0.2) is 4.39 Å². The van der Waals surface area contributed by atoms with Crippen LogP contribution in [0, 0.1) is 5.82 Å². The first-order valence-corrected chi connectivity index (χ1v) is 9.82. The summed E-state index contributed by atoms with van der Waals surface area (Å²) < 4.78 is 20.1. The van der Waals surface area contributed by atoms with Crippen molar-refractivity contribution in [3.63, 3.8) is 0 Å². The van der Waals surface area contributed by atoms with Gasteiger partial charge in [0.05, 0.1) is 5.92 Å². The van der Waals surface area contributed by atoms with Gasteiger partial charge in [-0.1, -0.05) is 42.5 Å². The van der Waals surface area contributed by atoms with Gasteiger partial charge >= 0.3 is 0 Å². The molecule has 0 aromatic heterocycles. The zero-order valence-electron chi connectivity index (χ0n) is 15.5. The molecule has 1 saturated carbocycles. The molecule has 1 aliphatic carbocycles. The lowest BCUT2D eigenvalue weighted by atomic mass is 9.66. The molecule has 3 nitrogen and oxygen atoms in total. The van der Waals surface area contributed by atoms with Gasteiger partial charge in [0.2, 0.25) is 5.91 Å². The molecule has 0 saturated heterocycles. The third kappa shape index (κ3) is 2.67. The number of nitrogens with two attached hydrogens (primary N) is 1. The molecule has 5 rings (SSSR count). The van der Waals surface area contributed by atoms with E-state index < -0.39 is 5.92 Å². The summed E-state index contributed by atoms with van der Waals surface area (Å²) in [5.41, 5.74) is 7.67. The number of carbonyl (C=O) groups is 1. The predicted octanol–water partition coefficient (Wildman–Crippen LogP) is 5.04. The van der Waals surface area contributed by atoms with Crippen LogP contribution in [0.1, 0.15) is 48.6 Å². The predicted molar refractivity (Wildman–Crippen MR) is 107 cm³/mol. The van der Waals surface area contributed by atoms with Crippen molar-refractivity contribution < 1.29 is 13.9 Å². The highest BCUT2D eigenvalue weighted by Gasteiger charge is 2.48. The lowest BCUT2D eigenvalue weighted by molar-refractivity contribution is -0.121. The fourth-order valence-electron chi connectivity index (χ4n) is 4.96. The van der Waals surface area contributed by atoms with E-state index in [0.29, 0.717) is 0 Å². The molecule has 2 N–H and O–H groups in total. The number of primary amides is 1. The second-order valence-electron chi connectivity index (χ2n) is 8.08. The summed E-state index contributed by atoms with van der Waals surface area (Å²) in [4.78, 5) is 12.7. The van der Waals surface area contributed by atoms with Crippen LogP contribution in [0.4, 0.5) is 4.39 Å². The lowest BCUT2D eigenvalue weighted by Gasteiger charge is -2.49. The zero-order chi connectivity index (χ0) is 19.3. The van der Waals surface area contributed by atoms with Crippen molar-refractivity contribution in [1.82, 2.24) is 0 Å². The Hall–Kier alpha value is -2.88. The fraction of sp³-hybridized carbons (Fsp3) is 0.292. The fourth-order valence-corrected chi connectivity index (χ4v) is 4.96. The Morgan fingerprint density at radius 1 is 1.11 bits per heavy atom. The molecule has 1 heterocycles. The first-order chi connectivity index (χ1) is 13.6. The van der Waals surface area contributed by atoms with E-state index in [1.807, 2.05) is 42.5 Å². The average molecular weight is 375 g/mol. The Bertz CT molecular complexity index is 1070. The molecule has 0 radical (unpaired) electrons. The third-order valence-electron chi connectivity index (χ3n) is 6.42. The van der Waals surface area contributed by atoms with E-state index in [2.05, 4.69) is 0 Å². The standard InChI is InChI=1S/C24H22FNO2/c25-16-9-10-17-15(13-16)5-3-7-19(17)22(23(26)27)20-14-24(11-4-12-24)28-21-8-2-1-6-18(20)21/h1-3,5-10,13,20,22H,4,11-12,14H2,(H2,26,27). The first kappa shape index (κ1) is 17.2. The molecule has 0 bridgehead atoms. The Kier molecular flexibility index (Phi) is 3.90. The van der Waals surface area contributed by atoms with Crippen LogP contribution in [0.2, 0.25) is 0 Å². The number of para-hydroxylation sites is 1. The Morgan fingerprint density at radius 3 is 2.68 bits per heavy atom. The van der Waals surface area contributed by atoms with Crippen LogP contribution in [0.3, 0.4) is 0 Å². The lowest BCUT2D eigenvalue weighted by Crippen LogP contribution is -2.48. The maximum atomic E-state index is 13.7. The van der Waals surface area contributed by atoms with Crippen molar-refractivity contribution in [2.45, 2.75) is 43.1 Å². The number of halogens is 1. The summed E-state index contributed by atoms with van der Waals surface area (Å²) in [5, 5.41) is 1.65. The summed E-state index contributed by atoms with van der Waals surface area (Å²) >= 11 is 0. The summed E-state index contributed by atoms with van der Waals surface area (Å²) in [5.74, 6) is -0.329. The maximum Gasteiger partial charge on any atom is 0.225 e. The molecule has 1 fully saturated rings. The van der Waals surface area contributed by atoms with Gasteiger partial charge in [0.15, 0.2) is 0 Å². The van der Waals surface area contributed by atoms with Gasteiger partial charge in [0.1, 0.15) is 17.2 Å². The number of carbonyl (C=O) groups excluding carboxylic acids is 1. The summed E-state index contributed by atoms with van der Waals surface area (Å²) in [7, 11) is 0. The van der Waals surface area contributed by atoms with E-state index in [0.717, 1.165) is 53.3 Å². The second-order valence-corrected chi connectivity index (χ2v) is 8.08. The van der Waals surface area contributed by atoms with Gasteiger partial charge in [-0.2, -0.15) is 0 Å². The first-order valence-electron chi connectivity index (χ1n) is 9.82. The van der Waals surface area contributed by atoms with E-state index in [9.17, 15) is 9.18 Å². The summed E-state index contributed by atoms with van der Waals surface area (Å²) in [6, 6.07) is 18.3. The van der Waals surface area contributed by atoms with Crippen LogP contribution >= 0.6 is 0 Å². The number of benzene rings is 3. The molecule has 2 atom stereocenters. The monoisotopic (exact) mass is 375 g/mol. The molecule has 1 aliphatic heterocycles. The van der Waals surface area contributed by atoms with E-state index in [4.69, 9.17) is 10.5 Å². The quantitative estimate of drug-likeness (QED) is 0.697. The number of fused-ring (bicyclic) bond motifs is 2. The van der Waals surface area contributed by atoms with Gasteiger partial charge in [-0.3, -0.25) is 4.79 Å². The van der Waals surface area contributed by atoms with Crippen LogP contribution in [0.5, 0.6) is 5.75 Å². The zero-order valence-corrected chi connectivity index (χ0v) is 15.5. The molecule has 142 valence electrons. The van der Waals surface area contributed by atoms with E-state index in [1.165, 1.54) is 12.1 Å². The van der Waals surface area contributed by atoms with Crippen LogP contribution in [-0.2, 0) is 4.79 Å². The van der Waals surface area contributed by atoms with Crippen LogP contribution in [0.25, 0.3) is 10.8 Å². The van der Waals surface area contributed by atoms with Crippen molar-refractivity contribution in [2.24, 2.45) is 5.73 Å². The Balaban J connectivity index is 1.68. The van der Waals surface area contributed by atoms with Gasteiger partial charge in [0, 0.05) is 5.92 Å². The van der Waals surface area contributed by atoms with Gasteiger partial charge < -0.3 is 10.5 Å². The van der Waals surface area contributed by atoms with Crippen molar-refractivity contribution in [3.8, 4) is 5.75 Å². The van der Waals surface area contributed by atoms with Gasteiger partial charge in [-0.05, 0) is 65.8 Å². The molecule has 3 aromatic carbocycles. The smallest absolute Gasteiger partial charge is 0.225 e. The topological polar surface area (TPSA) is 52.3 Å². The average Bonchev–Trinajstić information content (AvgIpc) is 2.66. The Labute approximate surface area is 163 Å². The van der Waals surface area contributed by atoms with Gasteiger partial charge in [0.25, 0.3) is 0 Å². The number of rotatable bonds is 3. The second kappa shape index (κ2) is 6.33. The SMILES string of the molecule is NC(=O)C(c1cccc2cc(F)ccc12)C1CC2(CCC2)Oc2ccccc21. The molecular formula is C24H22FNO2. The number of hydrogen-bond acceptors (Lipinski definition) is 2. The minimum absolute atomic E-state index is 0.0570. The molecule has 2 aliphatic rings. The van der Waals surface area contributed by atoms with Crippen LogP contribution in [0.15, 0.2) is 60.7 Å². The van der Waals surface area contributed by atoms with Gasteiger partial charge in [-0.15, -0.1) is 0 Å². The minimum Gasteiger partial charge on any atom is -0.487 e. The highest BCUT2D eigenvalue weighted by atomic mass is 19.1. The van der Waals surface area contributed by atoms with Crippen LogP contribution < -0.4 is 10.5 Å².